The number of carbonyl (C=O) groups is 1. The molecule has 1 aliphatic rings. The summed E-state index contributed by atoms with van der Waals surface area (Å²) in [5.74, 6) is 0.208. The number of hydrogen-bond donors (Lipinski definition) is 1. The number of aromatic nitrogens is 3. The first-order valence-electron chi connectivity index (χ1n) is 9.84. The Bertz CT molecular complexity index is 1120. The number of benzene rings is 1. The van der Waals surface area contributed by atoms with Gasteiger partial charge in [0.05, 0.1) is 11.3 Å². The molecule has 0 fully saturated rings. The molecule has 7 nitrogen and oxygen atoms in total. The maximum absolute atomic E-state index is 13.1. The van der Waals surface area contributed by atoms with Gasteiger partial charge in [0.15, 0.2) is 5.65 Å². The summed E-state index contributed by atoms with van der Waals surface area (Å²) in [5, 5.41) is 3.22. The lowest BCUT2D eigenvalue weighted by atomic mass is 9.93. The minimum Gasteiger partial charge on any atom is -0.427 e. The molecule has 0 atom stereocenters. The van der Waals surface area contributed by atoms with Crippen LogP contribution in [-0.2, 0) is 29.7 Å². The van der Waals surface area contributed by atoms with Crippen LogP contribution in [0.2, 0.25) is 0 Å². The summed E-state index contributed by atoms with van der Waals surface area (Å²) in [6.07, 6.45) is 0.753. The summed E-state index contributed by atoms with van der Waals surface area (Å²) in [7, 11) is 0. The van der Waals surface area contributed by atoms with Crippen LogP contribution in [0.25, 0.3) is 5.65 Å². The molecule has 1 N–H and O–H groups in total. The summed E-state index contributed by atoms with van der Waals surface area (Å²) in [6, 6.07) is 9.45. The number of ether oxygens (including phenoxy) is 1. The molecule has 0 aliphatic carbocycles. The predicted octanol–water partition coefficient (Wildman–Crippen LogP) is 2.80. The van der Waals surface area contributed by atoms with Crippen LogP contribution < -0.4 is 10.3 Å². The number of fused-ring (bicyclic) bond motifs is 2. The van der Waals surface area contributed by atoms with Crippen LogP contribution in [0.5, 0.6) is 5.75 Å². The molecule has 7 heteroatoms. The molecule has 0 bridgehead atoms. The number of rotatable bonds is 3. The van der Waals surface area contributed by atoms with Crippen molar-refractivity contribution in [2.24, 2.45) is 0 Å². The first-order chi connectivity index (χ1) is 13.7. The van der Waals surface area contributed by atoms with Gasteiger partial charge in [0.25, 0.3) is 5.56 Å². The van der Waals surface area contributed by atoms with Gasteiger partial charge in [0.2, 0.25) is 0 Å². The molecule has 0 unspecified atom stereocenters. The Morgan fingerprint density at radius 1 is 1.24 bits per heavy atom. The minimum atomic E-state index is -0.330. The van der Waals surface area contributed by atoms with Gasteiger partial charge >= 0.3 is 5.97 Å². The molecule has 3 aromatic rings. The Labute approximate surface area is 169 Å². The zero-order chi connectivity index (χ0) is 20.8. The van der Waals surface area contributed by atoms with Crippen LogP contribution in [0, 0.1) is 0 Å². The molecule has 29 heavy (non-hydrogen) atoms. The first kappa shape index (κ1) is 19.4. The van der Waals surface area contributed by atoms with Crippen LogP contribution in [0.1, 0.15) is 50.2 Å². The SMILES string of the molecule is CC(=O)Oc1ccc(CN2CCc3nc4cc(C(C)(C)C)[nH]n4c(=O)c3C2)cc1. The highest BCUT2D eigenvalue weighted by molar-refractivity contribution is 5.69. The average molecular weight is 394 g/mol. The third-order valence-electron chi connectivity index (χ3n) is 5.24. The Morgan fingerprint density at radius 3 is 2.62 bits per heavy atom. The topological polar surface area (TPSA) is 79.7 Å². The number of nitrogens with zero attached hydrogens (tertiary/aromatic N) is 3. The summed E-state index contributed by atoms with van der Waals surface area (Å²) < 4.78 is 6.65. The second-order valence-corrected chi connectivity index (χ2v) is 8.65. The van der Waals surface area contributed by atoms with E-state index >= 15 is 0 Å². The molecule has 0 saturated carbocycles. The number of carbonyl (C=O) groups excluding carboxylic acids is 1. The maximum Gasteiger partial charge on any atom is 0.308 e. The fourth-order valence-corrected chi connectivity index (χ4v) is 3.64. The number of hydrogen-bond acceptors (Lipinski definition) is 5. The highest BCUT2D eigenvalue weighted by Crippen LogP contribution is 2.23. The zero-order valence-electron chi connectivity index (χ0n) is 17.3. The van der Waals surface area contributed by atoms with Crippen LogP contribution in [0.15, 0.2) is 35.1 Å². The Kier molecular flexibility index (Phi) is 4.78. The predicted molar refractivity (Wildman–Crippen MR) is 110 cm³/mol. The highest BCUT2D eigenvalue weighted by atomic mass is 16.5. The largest absolute Gasteiger partial charge is 0.427 e. The molecule has 3 heterocycles. The van der Waals surface area contributed by atoms with E-state index in [9.17, 15) is 9.59 Å². The quantitative estimate of drug-likeness (QED) is 0.546. The van der Waals surface area contributed by atoms with Gasteiger partial charge in [-0.05, 0) is 17.7 Å². The Balaban J connectivity index is 1.56. The van der Waals surface area contributed by atoms with Gasteiger partial charge in [0, 0.05) is 50.2 Å². The van der Waals surface area contributed by atoms with Crippen molar-refractivity contribution in [3.05, 3.63) is 63.2 Å². The van der Waals surface area contributed by atoms with Crippen LogP contribution in [-0.4, -0.2) is 32.0 Å². The van der Waals surface area contributed by atoms with Gasteiger partial charge in [-0.2, -0.15) is 0 Å². The number of aromatic amines is 1. The summed E-state index contributed by atoms with van der Waals surface area (Å²) in [5.41, 5.74) is 4.35. The molecule has 152 valence electrons. The lowest BCUT2D eigenvalue weighted by Gasteiger charge is -2.27. The van der Waals surface area contributed by atoms with Crippen molar-refractivity contribution in [2.75, 3.05) is 6.54 Å². The van der Waals surface area contributed by atoms with Crippen LogP contribution in [0.4, 0.5) is 0 Å². The zero-order valence-corrected chi connectivity index (χ0v) is 17.3. The molecular formula is C22H26N4O3. The fraction of sp³-hybridized carbons (Fsp3) is 0.409. The number of esters is 1. The lowest BCUT2D eigenvalue weighted by molar-refractivity contribution is -0.131. The second kappa shape index (κ2) is 7.15. The molecule has 1 aromatic carbocycles. The second-order valence-electron chi connectivity index (χ2n) is 8.65. The van der Waals surface area contributed by atoms with E-state index in [1.807, 2.05) is 18.2 Å². The average Bonchev–Trinajstić information content (AvgIpc) is 3.08. The van der Waals surface area contributed by atoms with Crippen molar-refractivity contribution in [2.45, 2.75) is 52.6 Å². The molecule has 2 aromatic heterocycles. The van der Waals surface area contributed by atoms with E-state index in [0.29, 0.717) is 17.9 Å². The van der Waals surface area contributed by atoms with Gasteiger partial charge in [-0.1, -0.05) is 32.9 Å². The van der Waals surface area contributed by atoms with Crippen LogP contribution >= 0.6 is 0 Å². The summed E-state index contributed by atoms with van der Waals surface area (Å²) in [4.78, 5) is 31.1. The normalized spacial score (nSPS) is 14.8. The highest BCUT2D eigenvalue weighted by Gasteiger charge is 2.24. The number of nitrogens with one attached hydrogen (secondary N) is 1. The number of H-pyrrole nitrogens is 1. The molecule has 0 saturated heterocycles. The van der Waals surface area contributed by atoms with Gasteiger partial charge < -0.3 is 4.74 Å². The van der Waals surface area contributed by atoms with Gasteiger partial charge in [0.1, 0.15) is 5.75 Å². The van der Waals surface area contributed by atoms with E-state index in [1.165, 1.54) is 6.92 Å². The Hall–Kier alpha value is -2.93. The smallest absolute Gasteiger partial charge is 0.308 e. The summed E-state index contributed by atoms with van der Waals surface area (Å²) in [6.45, 7) is 9.85. The Morgan fingerprint density at radius 2 is 1.97 bits per heavy atom. The van der Waals surface area contributed by atoms with E-state index in [2.05, 4.69) is 30.8 Å². The van der Waals surface area contributed by atoms with Gasteiger partial charge in [-0.15, -0.1) is 0 Å². The minimum absolute atomic E-state index is 0.0181. The van der Waals surface area contributed by atoms with Crippen molar-refractivity contribution >= 4 is 11.6 Å². The molecule has 1 aliphatic heterocycles. The first-order valence-corrected chi connectivity index (χ1v) is 9.84. The monoisotopic (exact) mass is 394 g/mol. The molecule has 4 rings (SSSR count). The van der Waals surface area contributed by atoms with Crippen molar-refractivity contribution < 1.29 is 9.53 Å². The van der Waals surface area contributed by atoms with E-state index < -0.39 is 0 Å². The molecule has 0 amide bonds. The van der Waals surface area contributed by atoms with E-state index in [-0.39, 0.29) is 16.9 Å². The van der Waals surface area contributed by atoms with Gasteiger partial charge in [-0.3, -0.25) is 19.6 Å². The molecule has 0 radical (unpaired) electrons. The van der Waals surface area contributed by atoms with Crippen molar-refractivity contribution in [3.8, 4) is 5.75 Å². The van der Waals surface area contributed by atoms with Gasteiger partial charge in [-0.25, -0.2) is 9.50 Å². The van der Waals surface area contributed by atoms with Crippen molar-refractivity contribution in [1.82, 2.24) is 19.5 Å². The van der Waals surface area contributed by atoms with E-state index in [0.717, 1.165) is 42.0 Å². The fourth-order valence-electron chi connectivity index (χ4n) is 3.64. The van der Waals surface area contributed by atoms with Crippen molar-refractivity contribution in [1.29, 1.82) is 0 Å². The summed E-state index contributed by atoms with van der Waals surface area (Å²) >= 11 is 0. The third-order valence-corrected chi connectivity index (χ3v) is 5.24. The third kappa shape index (κ3) is 3.96. The van der Waals surface area contributed by atoms with Crippen LogP contribution in [0.3, 0.4) is 0 Å². The van der Waals surface area contributed by atoms with E-state index in [4.69, 9.17) is 9.72 Å². The molecular weight excluding hydrogens is 368 g/mol. The maximum atomic E-state index is 13.1. The molecule has 0 spiro atoms. The van der Waals surface area contributed by atoms with E-state index in [1.54, 1.807) is 16.6 Å². The van der Waals surface area contributed by atoms with Crippen molar-refractivity contribution in [3.63, 3.8) is 0 Å². The lowest BCUT2D eigenvalue weighted by Crippen LogP contribution is -2.36. The standard InChI is InChI=1S/C22H26N4O3/c1-14(27)29-16-7-5-15(6-8-16)12-25-10-9-18-17(13-25)21(28)26-20(23-18)11-19(24-26)22(2,3)4/h5-8,11,24H,9-10,12-13H2,1-4H3.